The summed E-state index contributed by atoms with van der Waals surface area (Å²) in [4.78, 5) is 92.5. The lowest BCUT2D eigenvalue weighted by Crippen LogP contribution is -2.52. The Balaban J connectivity index is 0.000000126. The Hall–Kier alpha value is -12.3. The van der Waals surface area contributed by atoms with Gasteiger partial charge >= 0.3 is 6.18 Å². The highest BCUT2D eigenvalue weighted by atomic mass is 35.5. The zero-order valence-corrected chi connectivity index (χ0v) is 85.7. The summed E-state index contributed by atoms with van der Waals surface area (Å²) in [5.41, 5.74) is 13.4. The molecule has 0 unspecified atom stereocenters. The van der Waals surface area contributed by atoms with Gasteiger partial charge in [0.2, 0.25) is 30.1 Å². The highest BCUT2D eigenvalue weighted by Gasteiger charge is 2.43. The van der Waals surface area contributed by atoms with Crippen LogP contribution in [0.2, 0.25) is 5.02 Å². The van der Waals surface area contributed by atoms with Crippen molar-refractivity contribution in [2.75, 3.05) is 151 Å². The molecule has 9 fully saturated rings. The van der Waals surface area contributed by atoms with Crippen molar-refractivity contribution in [3.8, 4) is 0 Å². The van der Waals surface area contributed by atoms with E-state index in [1.54, 1.807) is 45.8 Å². The van der Waals surface area contributed by atoms with E-state index in [4.69, 9.17) is 46.9 Å². The zero-order chi connectivity index (χ0) is 101. The van der Waals surface area contributed by atoms with Crippen molar-refractivity contribution in [3.05, 3.63) is 216 Å². The van der Waals surface area contributed by atoms with Crippen LogP contribution < -0.4 is 33.8 Å². The maximum atomic E-state index is 14.0. The molecule has 16 heterocycles. The van der Waals surface area contributed by atoms with E-state index in [0.717, 1.165) is 251 Å². The number of likely N-dealkylation sites (N-methyl/N-ethyl adjacent to an activating group) is 1. The molecule has 4 amide bonds. The van der Waals surface area contributed by atoms with Gasteiger partial charge in [0.05, 0.1) is 117 Å². The van der Waals surface area contributed by atoms with Crippen LogP contribution in [0.5, 0.6) is 0 Å². The molecule has 143 heavy (non-hydrogen) atoms. The number of hydrogen-bond acceptors (Lipinski definition) is 24. The molecule has 8 aliphatic heterocycles. The Labute approximate surface area is 835 Å². The van der Waals surface area contributed by atoms with Crippen LogP contribution in [0.4, 0.5) is 53.5 Å². The lowest BCUT2D eigenvalue weighted by Gasteiger charge is -2.40. The average Bonchev–Trinajstić information content (AvgIpc) is 1.65. The SMILES string of the molecule is CC1CN(c2cc(N3CC(O)C3)n3nc([C@@H]4CCCCN4C(=O)c4ccccc4C(F)(F)F)cc3n2)C1.CCN1CCN(c2cc(N3CCC3)nc3cc([C@@H]4CCCCN4C(=O)c4cc(Cl)ccc4NS(C)(=O)=O)nn23)CC1.Cc1cc(NS(C)(=O)=O)c(C(=O)N2CCCC[C@H]2c2cc3nc(C4CC4)cc(C)n3n2)cc1C.Cc1ccc(NS(C)(=O)=O)c(C(=O)N2CCCC[C@H]2c2cc3nc(C)cc(C)n3n2)c1. The topological polar surface area (TPSA) is 377 Å². The number of carbonyl (C=O) groups excluding carboxylic acids is 4. The number of nitrogens with zero attached hydrogens (tertiary/aromatic N) is 21. The van der Waals surface area contributed by atoms with E-state index in [2.05, 4.69) is 64.7 Å². The second-order valence-corrected chi connectivity index (χ2v) is 45.4. The van der Waals surface area contributed by atoms with Gasteiger partial charge in [-0.25, -0.2) is 54.2 Å². The zero-order valence-electron chi connectivity index (χ0n) is 82.5. The van der Waals surface area contributed by atoms with Crippen molar-refractivity contribution in [1.29, 1.82) is 0 Å². The second-order valence-electron chi connectivity index (χ2n) is 39.7. The van der Waals surface area contributed by atoms with Crippen LogP contribution in [-0.2, 0) is 36.2 Å². The first-order valence-electron chi connectivity index (χ1n) is 49.4. The highest BCUT2D eigenvalue weighted by molar-refractivity contribution is 7.92. The van der Waals surface area contributed by atoms with Gasteiger partial charge in [-0.2, -0.15) is 42.6 Å². The number of β-amino-alcohol motifs (C(OH)–C–C–N with tert-alkyl or cyclic N) is 1. The lowest BCUT2D eigenvalue weighted by atomic mass is 9.96. The van der Waals surface area contributed by atoms with Gasteiger partial charge in [-0.1, -0.05) is 49.2 Å². The van der Waals surface area contributed by atoms with E-state index >= 15 is 0 Å². The molecule has 1 saturated carbocycles. The smallest absolute Gasteiger partial charge is 0.389 e. The maximum Gasteiger partial charge on any atom is 0.417 e. The van der Waals surface area contributed by atoms with E-state index in [9.17, 15) is 62.7 Å². The number of aliphatic hydroxyl groups excluding tert-OH is 1. The number of aromatic nitrogens is 12. The number of fused-ring (bicyclic) bond motifs is 4. The van der Waals surface area contributed by atoms with Crippen molar-refractivity contribution in [2.24, 2.45) is 5.92 Å². The van der Waals surface area contributed by atoms with Crippen LogP contribution in [0.15, 0.2) is 121 Å². The number of nitrogens with one attached hydrogen (secondary N) is 3. The number of sulfonamides is 3. The number of alkyl halides is 3. The first-order valence-corrected chi connectivity index (χ1v) is 55.4. The van der Waals surface area contributed by atoms with Crippen LogP contribution in [-0.4, -0.2) is 260 Å². The number of piperazine rings is 1. The Kier molecular flexibility index (Phi) is 28.9. The monoisotopic (exact) mass is 2040 g/mol. The van der Waals surface area contributed by atoms with Crippen molar-refractivity contribution in [1.82, 2.24) is 82.9 Å². The number of halogens is 4. The summed E-state index contributed by atoms with van der Waals surface area (Å²) >= 11 is 6.26. The first kappa shape index (κ1) is 101. The maximum absolute atomic E-state index is 14.0. The van der Waals surface area contributed by atoms with E-state index in [1.165, 1.54) is 54.5 Å². The Morgan fingerprint density at radius 1 is 0.413 bits per heavy atom. The number of carbonyl (C=O) groups is 4. The number of aryl methyl sites for hydroxylation is 6. The normalized spacial score (nSPS) is 19.6. The highest BCUT2D eigenvalue weighted by Crippen LogP contribution is 2.45. The molecular weight excluding hydrogens is 1910 g/mol. The molecule has 760 valence electrons. The standard InChI is InChI=1S/C28H37ClN8O3S.C26H29F3N6O2.C25H31N5O3S.C22H27N5O3S/c1-3-33-13-15-35(16-14-33)27-19-25(34-10-6-11-34)30-26-18-23(31-37(26)27)24-7-4-5-12-36(24)28(38)21-17-20(29)8-9-22(21)32-41(2,39)40;1-16-12-32(13-16)22-11-24(33-14-17(36)15-33)35-23(30-22)10-20(31-35)21-8-4-5-9-34(21)25(37)18-6-2-3-7-19(18)26(27,28)29;1-15-11-19(21(12-16(15)2)28-34(4,32)33)25(31)29-10-6-5-7-23(29)22-14-24-26-20(18-8-9-18)13-17(3)30(24)27-22;1-14-8-9-18(25-31(4,29)30)17(11-14)22(28)26-10-6-5-7-20(26)19-13-21-23-15(2)12-16(3)27(21)24-19/h8-9,17-19,24,32H,3-7,10-16H2,1-2H3;2-3,6-7,10-11,16-17,21,36H,4-5,8-9,12-15H2,1H3;11-14,18,23,28H,5-10H2,1-4H3;8-9,11-13,20,25H,5-7,10H2,1-4H3/t24-;21-;23-;20-/m0000/s1. The minimum absolute atomic E-state index is 0.181. The number of amides is 4. The molecule has 8 aromatic heterocycles. The van der Waals surface area contributed by atoms with Gasteiger partial charge in [-0.15, -0.1) is 0 Å². The molecule has 0 radical (unpaired) electrons. The number of anilines is 7. The molecule has 4 N–H and O–H groups in total. The predicted molar refractivity (Wildman–Crippen MR) is 545 cm³/mol. The fraction of sp³-hybridized carbons (Fsp3) is 0.485. The molecule has 8 saturated heterocycles. The number of aliphatic hydroxyl groups is 1. The third kappa shape index (κ3) is 22.5. The van der Waals surface area contributed by atoms with Gasteiger partial charge in [-0.3, -0.25) is 33.3 Å². The molecular formula is C101H124ClF3N24O11S3. The van der Waals surface area contributed by atoms with Crippen molar-refractivity contribution >= 4 is 128 Å². The molecule has 42 heteroatoms. The predicted octanol–water partition coefficient (Wildman–Crippen LogP) is 14.9. The number of piperidine rings is 4. The van der Waals surface area contributed by atoms with E-state index < -0.39 is 59.9 Å². The average molecular weight is 2040 g/mol. The van der Waals surface area contributed by atoms with Gasteiger partial charge in [0.15, 0.2) is 22.6 Å². The van der Waals surface area contributed by atoms with Crippen LogP contribution in [0, 0.1) is 47.5 Å². The summed E-state index contributed by atoms with van der Waals surface area (Å²) in [6, 6.07) is 33.2. The van der Waals surface area contributed by atoms with Crippen molar-refractivity contribution < 1.29 is 62.7 Å². The summed E-state index contributed by atoms with van der Waals surface area (Å²) in [6.07, 6.45) is 11.9. The molecule has 4 aromatic carbocycles. The molecule has 21 rings (SSSR count). The van der Waals surface area contributed by atoms with E-state index in [-0.39, 0.29) is 52.7 Å². The minimum Gasteiger partial charge on any atom is -0.389 e. The number of rotatable bonds is 20. The third-order valence-corrected chi connectivity index (χ3v) is 30.4. The van der Waals surface area contributed by atoms with Crippen LogP contribution >= 0.6 is 11.6 Å². The summed E-state index contributed by atoms with van der Waals surface area (Å²) < 4.78 is 127. The third-order valence-electron chi connectivity index (χ3n) is 28.4. The van der Waals surface area contributed by atoms with Gasteiger partial charge in [0.25, 0.3) is 23.6 Å². The quantitative estimate of drug-likeness (QED) is 0.0550. The largest absolute Gasteiger partial charge is 0.417 e. The van der Waals surface area contributed by atoms with E-state index in [1.807, 2.05) is 106 Å². The molecule has 4 atom stereocenters. The number of hydrogen-bond donors (Lipinski definition) is 4. The van der Waals surface area contributed by atoms with E-state index in [0.29, 0.717) is 96.4 Å². The Morgan fingerprint density at radius 3 is 1.30 bits per heavy atom. The van der Waals surface area contributed by atoms with Crippen LogP contribution in [0.3, 0.4) is 0 Å². The van der Waals surface area contributed by atoms with Crippen molar-refractivity contribution in [2.45, 2.75) is 194 Å². The van der Waals surface area contributed by atoms with Crippen LogP contribution in [0.1, 0.15) is 249 Å². The summed E-state index contributed by atoms with van der Waals surface area (Å²) in [5.74, 6) is 3.51. The Morgan fingerprint density at radius 2 is 0.839 bits per heavy atom. The molecule has 12 aromatic rings. The van der Waals surface area contributed by atoms with Crippen LogP contribution in [0.25, 0.3) is 22.6 Å². The molecule has 9 aliphatic rings. The summed E-state index contributed by atoms with van der Waals surface area (Å²) in [6.45, 7) is 27.9. The van der Waals surface area contributed by atoms with Gasteiger partial charge < -0.3 is 49.2 Å². The molecule has 0 bridgehead atoms. The minimum atomic E-state index is -4.62. The Bertz CT molecular complexity index is 7230. The van der Waals surface area contributed by atoms with Gasteiger partial charge in [0.1, 0.15) is 23.3 Å². The fourth-order valence-electron chi connectivity index (χ4n) is 20.6. The van der Waals surface area contributed by atoms with Gasteiger partial charge in [-0.05, 0) is 228 Å². The molecule has 35 nitrogen and oxygen atoms in total. The van der Waals surface area contributed by atoms with Gasteiger partial charge in [0, 0.05) is 162 Å². The second kappa shape index (κ2) is 41.1. The fourth-order valence-corrected chi connectivity index (χ4v) is 22.5. The molecule has 0 spiro atoms. The summed E-state index contributed by atoms with van der Waals surface area (Å²) in [7, 11) is -10.6. The number of benzene rings is 4. The molecule has 1 aliphatic carbocycles. The first-order chi connectivity index (χ1) is 68.1. The summed E-state index contributed by atoms with van der Waals surface area (Å²) in [5, 5.41) is 29.7. The van der Waals surface area contributed by atoms with Crippen molar-refractivity contribution in [3.63, 3.8) is 0 Å². The number of likely N-dealkylation sites (tertiary alicyclic amines) is 4. The lowest BCUT2D eigenvalue weighted by molar-refractivity contribution is -0.138.